The predicted molar refractivity (Wildman–Crippen MR) is 115 cm³/mol. The Balaban J connectivity index is 1.86. The SMILES string of the molecule is COc1ncc(C(=O)N[C@@H](C)C2CC2)c(N2CC[C@](C)(N)C2)c1-c1ccc(F)c(F)c1. The third kappa shape index (κ3) is 4.35. The Kier molecular flexibility index (Phi) is 5.60. The van der Waals surface area contributed by atoms with Gasteiger partial charge in [-0.25, -0.2) is 13.8 Å². The Bertz CT molecular complexity index is 1010. The molecule has 0 spiro atoms. The molecule has 1 saturated heterocycles. The number of ether oxygens (including phenoxy) is 1. The molecule has 0 bridgehead atoms. The second-order valence-electron chi connectivity index (χ2n) is 8.96. The first-order valence-corrected chi connectivity index (χ1v) is 10.6. The molecule has 1 aliphatic heterocycles. The molecule has 2 heterocycles. The minimum atomic E-state index is -0.979. The number of halogens is 2. The topological polar surface area (TPSA) is 80.5 Å². The van der Waals surface area contributed by atoms with Crippen LogP contribution in [0.1, 0.15) is 43.5 Å². The summed E-state index contributed by atoms with van der Waals surface area (Å²) >= 11 is 0. The van der Waals surface area contributed by atoms with E-state index in [2.05, 4.69) is 10.3 Å². The van der Waals surface area contributed by atoms with Gasteiger partial charge in [0.1, 0.15) is 0 Å². The van der Waals surface area contributed by atoms with Crippen LogP contribution in [0.3, 0.4) is 0 Å². The van der Waals surface area contributed by atoms with Crippen molar-refractivity contribution in [2.75, 3.05) is 25.1 Å². The van der Waals surface area contributed by atoms with Crippen molar-refractivity contribution in [1.82, 2.24) is 10.3 Å². The fraction of sp³-hybridized carbons (Fsp3) is 0.478. The lowest BCUT2D eigenvalue weighted by atomic mass is 9.99. The number of nitrogens with zero attached hydrogens (tertiary/aromatic N) is 2. The van der Waals surface area contributed by atoms with Gasteiger partial charge < -0.3 is 20.7 Å². The number of benzene rings is 1. The van der Waals surface area contributed by atoms with E-state index < -0.39 is 17.2 Å². The normalized spacial score (nSPS) is 21.8. The van der Waals surface area contributed by atoms with Gasteiger partial charge in [-0.15, -0.1) is 0 Å². The van der Waals surface area contributed by atoms with E-state index in [1.807, 2.05) is 18.7 Å². The minimum Gasteiger partial charge on any atom is -0.480 e. The number of nitrogens with two attached hydrogens (primary N) is 1. The predicted octanol–water partition coefficient (Wildman–Crippen LogP) is 3.49. The molecule has 0 unspecified atom stereocenters. The molecular formula is C23H28F2N4O2. The first-order valence-electron chi connectivity index (χ1n) is 10.6. The van der Waals surface area contributed by atoms with Crippen LogP contribution in [0.4, 0.5) is 14.5 Å². The molecule has 6 nitrogen and oxygen atoms in total. The van der Waals surface area contributed by atoms with Crippen LogP contribution in [0.25, 0.3) is 11.1 Å². The van der Waals surface area contributed by atoms with Gasteiger partial charge in [-0.3, -0.25) is 4.79 Å². The van der Waals surface area contributed by atoms with Gasteiger partial charge in [-0.2, -0.15) is 0 Å². The number of hydrogen-bond acceptors (Lipinski definition) is 5. The summed E-state index contributed by atoms with van der Waals surface area (Å²) in [5.41, 5.74) is 7.71. The Labute approximate surface area is 180 Å². The Morgan fingerprint density at radius 2 is 2.10 bits per heavy atom. The molecule has 31 heavy (non-hydrogen) atoms. The maximum Gasteiger partial charge on any atom is 0.255 e. The molecule has 1 amide bonds. The number of hydrogen-bond donors (Lipinski definition) is 2. The highest BCUT2D eigenvalue weighted by Crippen LogP contribution is 2.42. The van der Waals surface area contributed by atoms with E-state index in [0.717, 1.165) is 31.4 Å². The zero-order valence-corrected chi connectivity index (χ0v) is 18.0. The third-order valence-corrected chi connectivity index (χ3v) is 6.17. The number of nitrogens with one attached hydrogen (secondary N) is 1. The lowest BCUT2D eigenvalue weighted by molar-refractivity contribution is 0.0936. The van der Waals surface area contributed by atoms with Crippen LogP contribution in [0.2, 0.25) is 0 Å². The summed E-state index contributed by atoms with van der Waals surface area (Å²) in [6, 6.07) is 3.68. The van der Waals surface area contributed by atoms with Crippen molar-refractivity contribution in [2.45, 2.75) is 44.7 Å². The van der Waals surface area contributed by atoms with E-state index in [0.29, 0.717) is 41.4 Å². The maximum absolute atomic E-state index is 14.1. The summed E-state index contributed by atoms with van der Waals surface area (Å²) in [6.07, 6.45) is 4.42. The first kappa shape index (κ1) is 21.5. The maximum atomic E-state index is 14.1. The van der Waals surface area contributed by atoms with Crippen molar-refractivity contribution in [2.24, 2.45) is 11.7 Å². The molecule has 2 atom stereocenters. The fourth-order valence-corrected chi connectivity index (χ4v) is 4.22. The van der Waals surface area contributed by atoms with Crippen LogP contribution in [0.5, 0.6) is 5.88 Å². The summed E-state index contributed by atoms with van der Waals surface area (Å²) in [7, 11) is 1.46. The van der Waals surface area contributed by atoms with Crippen LogP contribution < -0.4 is 20.7 Å². The highest BCUT2D eigenvalue weighted by molar-refractivity contribution is 6.04. The number of methoxy groups -OCH3 is 1. The third-order valence-electron chi connectivity index (χ3n) is 6.17. The minimum absolute atomic E-state index is 0.0486. The van der Waals surface area contributed by atoms with Gasteiger partial charge in [-0.05, 0) is 56.7 Å². The van der Waals surface area contributed by atoms with Gasteiger partial charge in [0, 0.05) is 30.9 Å². The molecule has 1 aliphatic carbocycles. The number of aromatic nitrogens is 1. The Morgan fingerprint density at radius 1 is 1.35 bits per heavy atom. The van der Waals surface area contributed by atoms with Crippen LogP contribution in [0, 0.1) is 17.6 Å². The van der Waals surface area contributed by atoms with E-state index in [-0.39, 0.29) is 17.8 Å². The van der Waals surface area contributed by atoms with Gasteiger partial charge in [0.2, 0.25) is 5.88 Å². The first-order chi connectivity index (χ1) is 14.7. The monoisotopic (exact) mass is 430 g/mol. The number of rotatable bonds is 6. The van der Waals surface area contributed by atoms with Crippen molar-refractivity contribution >= 4 is 11.6 Å². The second-order valence-corrected chi connectivity index (χ2v) is 8.96. The molecule has 0 radical (unpaired) electrons. The average molecular weight is 430 g/mol. The smallest absolute Gasteiger partial charge is 0.255 e. The number of pyridine rings is 1. The van der Waals surface area contributed by atoms with Crippen LogP contribution in [-0.4, -0.2) is 42.7 Å². The average Bonchev–Trinajstić information content (AvgIpc) is 3.52. The van der Waals surface area contributed by atoms with Crippen molar-refractivity contribution in [3.05, 3.63) is 41.6 Å². The van der Waals surface area contributed by atoms with E-state index in [1.165, 1.54) is 19.4 Å². The molecule has 1 saturated carbocycles. The number of anilines is 1. The quantitative estimate of drug-likeness (QED) is 0.733. The van der Waals surface area contributed by atoms with E-state index in [1.54, 1.807) is 0 Å². The Morgan fingerprint density at radius 3 is 2.68 bits per heavy atom. The van der Waals surface area contributed by atoms with Gasteiger partial charge in [0.25, 0.3) is 5.91 Å². The number of carbonyl (C=O) groups is 1. The number of carbonyl (C=O) groups excluding carboxylic acids is 1. The molecule has 2 aromatic rings. The van der Waals surface area contributed by atoms with E-state index in [4.69, 9.17) is 10.5 Å². The van der Waals surface area contributed by atoms with Crippen molar-refractivity contribution in [3.8, 4) is 17.0 Å². The standard InChI is InChI=1S/C23H28F2N4O2/c1-13(14-4-5-14)28-21(30)16-11-27-22(31-3)19(15-6-7-17(24)18(25)10-15)20(16)29-9-8-23(2,26)12-29/h6-7,10-11,13-14H,4-5,8-9,12,26H2,1-3H3,(H,28,30)/t13-,23-/m0/s1. The molecule has 2 fully saturated rings. The van der Waals surface area contributed by atoms with Crippen LogP contribution in [0.15, 0.2) is 24.4 Å². The molecule has 3 N–H and O–H groups in total. The van der Waals surface area contributed by atoms with Crippen molar-refractivity contribution in [3.63, 3.8) is 0 Å². The summed E-state index contributed by atoms with van der Waals surface area (Å²) in [4.78, 5) is 19.6. The van der Waals surface area contributed by atoms with Crippen molar-refractivity contribution < 1.29 is 18.3 Å². The number of amides is 1. The van der Waals surface area contributed by atoms with Gasteiger partial charge >= 0.3 is 0 Å². The second kappa shape index (κ2) is 8.07. The van der Waals surface area contributed by atoms with Gasteiger partial charge in [0.15, 0.2) is 11.6 Å². The molecule has 1 aromatic heterocycles. The molecule has 2 aliphatic rings. The van der Waals surface area contributed by atoms with Crippen molar-refractivity contribution in [1.29, 1.82) is 0 Å². The Hall–Kier alpha value is -2.74. The summed E-state index contributed by atoms with van der Waals surface area (Å²) < 4.78 is 33.2. The fourth-order valence-electron chi connectivity index (χ4n) is 4.22. The molecule has 8 heteroatoms. The van der Waals surface area contributed by atoms with Crippen LogP contribution in [-0.2, 0) is 0 Å². The summed E-state index contributed by atoms with van der Waals surface area (Å²) in [5, 5.41) is 3.07. The summed E-state index contributed by atoms with van der Waals surface area (Å²) in [6.45, 7) is 5.08. The molecule has 4 rings (SSSR count). The van der Waals surface area contributed by atoms with Gasteiger partial charge in [0.05, 0.1) is 23.9 Å². The van der Waals surface area contributed by atoms with Gasteiger partial charge in [-0.1, -0.05) is 6.07 Å². The lowest BCUT2D eigenvalue weighted by Crippen LogP contribution is -2.40. The largest absolute Gasteiger partial charge is 0.480 e. The van der Waals surface area contributed by atoms with E-state index >= 15 is 0 Å². The zero-order chi connectivity index (χ0) is 22.3. The zero-order valence-electron chi connectivity index (χ0n) is 18.0. The highest BCUT2D eigenvalue weighted by Gasteiger charge is 2.36. The highest BCUT2D eigenvalue weighted by atomic mass is 19.2. The lowest BCUT2D eigenvalue weighted by Gasteiger charge is -2.27. The molecule has 166 valence electrons. The summed E-state index contributed by atoms with van der Waals surface area (Å²) in [5.74, 6) is -1.45. The molecule has 1 aromatic carbocycles. The molecular weight excluding hydrogens is 402 g/mol. The van der Waals surface area contributed by atoms with Crippen LogP contribution >= 0.6 is 0 Å². The van der Waals surface area contributed by atoms with E-state index in [9.17, 15) is 13.6 Å².